The zero-order valence-electron chi connectivity index (χ0n) is 15.3. The van der Waals surface area contributed by atoms with Crippen molar-refractivity contribution in [2.45, 2.75) is 46.7 Å². The Labute approximate surface area is 140 Å². The first-order chi connectivity index (χ1) is 10.8. The Balaban J connectivity index is 2.06. The van der Waals surface area contributed by atoms with Gasteiger partial charge in [-0.3, -0.25) is 4.90 Å². The Morgan fingerprint density at radius 2 is 2.04 bits per heavy atom. The maximum absolute atomic E-state index is 6.23. The number of hydrogen-bond donors (Lipinski definition) is 1. The zero-order chi connectivity index (χ0) is 17.0. The van der Waals surface area contributed by atoms with Crippen LogP contribution in [0.5, 0.6) is 11.5 Å². The summed E-state index contributed by atoms with van der Waals surface area (Å²) in [6.07, 6.45) is 1.06. The quantitative estimate of drug-likeness (QED) is 0.874. The van der Waals surface area contributed by atoms with E-state index in [1.807, 2.05) is 6.07 Å². The molecular formula is C19H32N2O2. The van der Waals surface area contributed by atoms with E-state index < -0.39 is 0 Å². The first-order valence-electron chi connectivity index (χ1n) is 8.59. The van der Waals surface area contributed by atoms with Gasteiger partial charge in [0.2, 0.25) is 0 Å². The van der Waals surface area contributed by atoms with Crippen molar-refractivity contribution in [3.05, 3.63) is 23.8 Å². The Bertz CT molecular complexity index is 514. The summed E-state index contributed by atoms with van der Waals surface area (Å²) in [5, 5.41) is 0. The molecule has 4 nitrogen and oxygen atoms in total. The number of nitrogens with zero attached hydrogens (tertiary/aromatic N) is 1. The van der Waals surface area contributed by atoms with Gasteiger partial charge in [-0.1, -0.05) is 33.8 Å². The predicted molar refractivity (Wildman–Crippen MR) is 95.0 cm³/mol. The minimum atomic E-state index is 0.168. The normalized spacial score (nSPS) is 21.4. The van der Waals surface area contributed by atoms with Crippen LogP contribution in [0.25, 0.3) is 0 Å². The zero-order valence-corrected chi connectivity index (χ0v) is 15.3. The number of methoxy groups -OCH3 is 1. The number of benzene rings is 1. The molecule has 130 valence electrons. The van der Waals surface area contributed by atoms with E-state index in [-0.39, 0.29) is 5.41 Å². The molecule has 0 bridgehead atoms. The van der Waals surface area contributed by atoms with Crippen LogP contribution in [-0.4, -0.2) is 37.7 Å². The lowest BCUT2D eigenvalue weighted by molar-refractivity contribution is 0.0898. The van der Waals surface area contributed by atoms with Crippen molar-refractivity contribution in [1.29, 1.82) is 0 Å². The Morgan fingerprint density at radius 3 is 2.65 bits per heavy atom. The summed E-state index contributed by atoms with van der Waals surface area (Å²) in [5.74, 6) is 2.13. The SMILES string of the molecule is COc1ccc(CN2CCC(N)C(C)(C)C2)cc1OCC(C)C. The van der Waals surface area contributed by atoms with E-state index in [0.29, 0.717) is 18.6 Å². The highest BCUT2D eigenvalue weighted by Gasteiger charge is 2.33. The molecule has 1 aromatic rings. The minimum Gasteiger partial charge on any atom is -0.493 e. The van der Waals surface area contributed by atoms with Gasteiger partial charge in [0.1, 0.15) is 0 Å². The monoisotopic (exact) mass is 320 g/mol. The van der Waals surface area contributed by atoms with Crippen LogP contribution in [-0.2, 0) is 6.54 Å². The molecule has 1 aliphatic heterocycles. The highest BCUT2D eigenvalue weighted by Crippen LogP contribution is 2.31. The smallest absolute Gasteiger partial charge is 0.161 e. The fourth-order valence-corrected chi connectivity index (χ4v) is 3.07. The first-order valence-corrected chi connectivity index (χ1v) is 8.59. The lowest BCUT2D eigenvalue weighted by Crippen LogP contribution is -2.52. The van der Waals surface area contributed by atoms with Gasteiger partial charge >= 0.3 is 0 Å². The Hall–Kier alpha value is -1.26. The van der Waals surface area contributed by atoms with Crippen molar-refractivity contribution in [3.8, 4) is 11.5 Å². The van der Waals surface area contributed by atoms with Crippen molar-refractivity contribution < 1.29 is 9.47 Å². The van der Waals surface area contributed by atoms with Gasteiger partial charge in [-0.2, -0.15) is 0 Å². The molecule has 1 atom stereocenters. The molecule has 0 saturated carbocycles. The molecule has 0 aromatic heterocycles. The molecule has 1 fully saturated rings. The third-order valence-electron chi connectivity index (χ3n) is 4.60. The summed E-state index contributed by atoms with van der Waals surface area (Å²) < 4.78 is 11.3. The maximum atomic E-state index is 6.23. The van der Waals surface area contributed by atoms with Gasteiger partial charge in [0.25, 0.3) is 0 Å². The molecule has 2 rings (SSSR count). The molecular weight excluding hydrogens is 288 g/mol. The van der Waals surface area contributed by atoms with E-state index in [0.717, 1.165) is 37.6 Å². The van der Waals surface area contributed by atoms with Crippen LogP contribution in [0.2, 0.25) is 0 Å². The van der Waals surface area contributed by atoms with Crippen molar-refractivity contribution in [2.24, 2.45) is 17.1 Å². The highest BCUT2D eigenvalue weighted by atomic mass is 16.5. The lowest BCUT2D eigenvalue weighted by Gasteiger charge is -2.42. The van der Waals surface area contributed by atoms with Crippen LogP contribution in [0.4, 0.5) is 0 Å². The standard InChI is InChI=1S/C19H32N2O2/c1-14(2)12-23-17-10-15(6-7-16(17)22-5)11-21-9-8-18(20)19(3,4)13-21/h6-7,10,14,18H,8-9,11-13,20H2,1-5H3. The number of likely N-dealkylation sites (tertiary alicyclic amines) is 1. The summed E-state index contributed by atoms with van der Waals surface area (Å²) in [5.41, 5.74) is 7.66. The van der Waals surface area contributed by atoms with E-state index in [1.165, 1.54) is 5.56 Å². The second-order valence-electron chi connectivity index (χ2n) is 7.78. The number of piperidine rings is 1. The number of nitrogens with two attached hydrogens (primary N) is 1. The first kappa shape index (κ1) is 18.1. The Kier molecular flexibility index (Phi) is 5.93. The van der Waals surface area contributed by atoms with Gasteiger partial charge in [0, 0.05) is 25.7 Å². The highest BCUT2D eigenvalue weighted by molar-refractivity contribution is 5.43. The largest absolute Gasteiger partial charge is 0.493 e. The van der Waals surface area contributed by atoms with Gasteiger partial charge in [-0.25, -0.2) is 0 Å². The molecule has 1 saturated heterocycles. The predicted octanol–water partition coefficient (Wildman–Crippen LogP) is 3.29. The van der Waals surface area contributed by atoms with Crippen LogP contribution in [0, 0.1) is 11.3 Å². The van der Waals surface area contributed by atoms with Crippen molar-refractivity contribution >= 4 is 0 Å². The van der Waals surface area contributed by atoms with E-state index in [2.05, 4.69) is 44.7 Å². The molecule has 0 amide bonds. The lowest BCUT2D eigenvalue weighted by atomic mass is 9.79. The number of rotatable bonds is 6. The van der Waals surface area contributed by atoms with Crippen LogP contribution >= 0.6 is 0 Å². The van der Waals surface area contributed by atoms with Gasteiger partial charge < -0.3 is 15.2 Å². The fourth-order valence-electron chi connectivity index (χ4n) is 3.07. The average Bonchev–Trinajstić information content (AvgIpc) is 2.49. The number of ether oxygens (including phenoxy) is 2. The molecule has 0 spiro atoms. The summed E-state index contributed by atoms with van der Waals surface area (Å²) in [6, 6.07) is 6.54. The minimum absolute atomic E-state index is 0.168. The van der Waals surface area contributed by atoms with Crippen molar-refractivity contribution in [2.75, 3.05) is 26.8 Å². The third-order valence-corrected chi connectivity index (χ3v) is 4.60. The molecule has 2 N–H and O–H groups in total. The van der Waals surface area contributed by atoms with E-state index in [4.69, 9.17) is 15.2 Å². The summed E-state index contributed by atoms with van der Waals surface area (Å²) in [6.45, 7) is 12.5. The summed E-state index contributed by atoms with van der Waals surface area (Å²) in [7, 11) is 1.69. The van der Waals surface area contributed by atoms with Crippen LogP contribution in [0.3, 0.4) is 0 Å². The third kappa shape index (κ3) is 4.85. The van der Waals surface area contributed by atoms with Crippen molar-refractivity contribution in [3.63, 3.8) is 0 Å². The molecule has 4 heteroatoms. The second-order valence-corrected chi connectivity index (χ2v) is 7.78. The van der Waals surface area contributed by atoms with Gasteiger partial charge in [-0.15, -0.1) is 0 Å². The van der Waals surface area contributed by atoms with Crippen LogP contribution < -0.4 is 15.2 Å². The average molecular weight is 320 g/mol. The molecule has 1 aromatic carbocycles. The molecule has 0 radical (unpaired) electrons. The van der Waals surface area contributed by atoms with Crippen molar-refractivity contribution in [1.82, 2.24) is 4.90 Å². The van der Waals surface area contributed by atoms with Gasteiger partial charge in [-0.05, 0) is 35.4 Å². The summed E-state index contributed by atoms with van der Waals surface area (Å²) >= 11 is 0. The molecule has 1 heterocycles. The van der Waals surface area contributed by atoms with E-state index in [1.54, 1.807) is 7.11 Å². The molecule has 23 heavy (non-hydrogen) atoms. The van der Waals surface area contributed by atoms with Crippen LogP contribution in [0.15, 0.2) is 18.2 Å². The number of hydrogen-bond acceptors (Lipinski definition) is 4. The van der Waals surface area contributed by atoms with Gasteiger partial charge in [0.15, 0.2) is 11.5 Å². The molecule has 0 aliphatic carbocycles. The second kappa shape index (κ2) is 7.54. The summed E-state index contributed by atoms with van der Waals surface area (Å²) in [4.78, 5) is 2.48. The molecule has 1 unspecified atom stereocenters. The van der Waals surface area contributed by atoms with Crippen LogP contribution in [0.1, 0.15) is 39.7 Å². The van der Waals surface area contributed by atoms with E-state index in [9.17, 15) is 0 Å². The Morgan fingerprint density at radius 1 is 1.30 bits per heavy atom. The molecule has 1 aliphatic rings. The van der Waals surface area contributed by atoms with Gasteiger partial charge in [0.05, 0.1) is 13.7 Å². The maximum Gasteiger partial charge on any atom is 0.161 e. The topological polar surface area (TPSA) is 47.7 Å². The van der Waals surface area contributed by atoms with E-state index >= 15 is 0 Å². The fraction of sp³-hybridized carbons (Fsp3) is 0.684.